The Hall–Kier alpha value is -0.800. The number of hydrogen-bond donors (Lipinski definition) is 2. The Labute approximate surface area is 99.4 Å². The van der Waals surface area contributed by atoms with Gasteiger partial charge in [-0.15, -0.1) is 0 Å². The summed E-state index contributed by atoms with van der Waals surface area (Å²) in [5, 5.41) is 13.4. The van der Waals surface area contributed by atoms with Gasteiger partial charge in [-0.1, -0.05) is 24.4 Å². The molecule has 2 N–H and O–H groups in total. The van der Waals surface area contributed by atoms with Crippen LogP contribution in [0.15, 0.2) is 18.2 Å². The molecule has 0 radical (unpaired) electrons. The van der Waals surface area contributed by atoms with E-state index in [1.807, 2.05) is 0 Å². The lowest BCUT2D eigenvalue weighted by atomic mass is 10.0. The highest BCUT2D eigenvalue weighted by Crippen LogP contribution is 2.30. The third kappa shape index (κ3) is 2.66. The summed E-state index contributed by atoms with van der Waals surface area (Å²) in [5.41, 5.74) is -0.281. The molecule has 0 amide bonds. The summed E-state index contributed by atoms with van der Waals surface area (Å²) >= 11 is 5.65. The molecule has 2 rings (SSSR count). The first kappa shape index (κ1) is 11.7. The fourth-order valence-corrected chi connectivity index (χ4v) is 2.26. The van der Waals surface area contributed by atoms with E-state index in [4.69, 9.17) is 11.6 Å². The minimum Gasteiger partial charge on any atom is -0.388 e. The quantitative estimate of drug-likeness (QED) is 0.855. The molecule has 0 aliphatic heterocycles. The fourth-order valence-electron chi connectivity index (χ4n) is 2.10. The largest absolute Gasteiger partial charge is 0.388 e. The molecule has 0 aromatic heterocycles. The maximum absolute atomic E-state index is 13.4. The van der Waals surface area contributed by atoms with Crippen LogP contribution in [0, 0.1) is 5.82 Å². The summed E-state index contributed by atoms with van der Waals surface area (Å²) < 4.78 is 13.4. The zero-order chi connectivity index (χ0) is 11.6. The topological polar surface area (TPSA) is 32.3 Å². The van der Waals surface area contributed by atoms with Crippen molar-refractivity contribution < 1.29 is 9.50 Å². The van der Waals surface area contributed by atoms with Crippen LogP contribution in [0.5, 0.6) is 0 Å². The number of aliphatic hydroxyl groups is 1. The summed E-state index contributed by atoms with van der Waals surface area (Å²) in [6.07, 6.45) is 3.66. The monoisotopic (exact) mass is 243 g/mol. The maximum atomic E-state index is 13.4. The van der Waals surface area contributed by atoms with E-state index in [2.05, 4.69) is 5.32 Å². The molecular weight excluding hydrogens is 229 g/mol. The van der Waals surface area contributed by atoms with E-state index in [1.165, 1.54) is 6.07 Å². The van der Waals surface area contributed by atoms with Crippen molar-refractivity contribution in [1.29, 1.82) is 0 Å². The third-order valence-electron chi connectivity index (χ3n) is 3.07. The van der Waals surface area contributed by atoms with Crippen molar-refractivity contribution in [2.24, 2.45) is 0 Å². The van der Waals surface area contributed by atoms with Gasteiger partial charge in [0.25, 0.3) is 0 Å². The van der Waals surface area contributed by atoms with Crippen LogP contribution in [0.1, 0.15) is 25.7 Å². The average Bonchev–Trinajstić information content (AvgIpc) is 2.64. The molecule has 1 fully saturated rings. The van der Waals surface area contributed by atoms with Crippen LogP contribution in [0.25, 0.3) is 0 Å². The van der Waals surface area contributed by atoms with Crippen LogP contribution in [-0.4, -0.2) is 17.3 Å². The van der Waals surface area contributed by atoms with Gasteiger partial charge in [-0.2, -0.15) is 0 Å². The summed E-state index contributed by atoms with van der Waals surface area (Å²) in [4.78, 5) is 0. The first-order valence-electron chi connectivity index (χ1n) is 5.50. The Morgan fingerprint density at radius 3 is 2.69 bits per heavy atom. The normalized spacial score (nSPS) is 18.7. The molecule has 4 heteroatoms. The van der Waals surface area contributed by atoms with Crippen molar-refractivity contribution in [1.82, 2.24) is 0 Å². The Bertz CT molecular complexity index is 377. The second-order valence-corrected chi connectivity index (χ2v) is 4.85. The van der Waals surface area contributed by atoms with Crippen LogP contribution in [0.3, 0.4) is 0 Å². The van der Waals surface area contributed by atoms with E-state index >= 15 is 0 Å². The SMILES string of the molecule is OC1(CNc2ccc(Cl)cc2F)CCCC1. The smallest absolute Gasteiger partial charge is 0.147 e. The molecule has 1 aromatic rings. The standard InChI is InChI=1S/C12H15ClFNO/c13-9-3-4-11(10(14)7-9)15-8-12(16)5-1-2-6-12/h3-4,7,15-16H,1-2,5-6,8H2. The maximum Gasteiger partial charge on any atom is 0.147 e. The summed E-state index contributed by atoms with van der Waals surface area (Å²) in [6.45, 7) is 0.394. The zero-order valence-electron chi connectivity index (χ0n) is 8.97. The molecule has 1 aromatic carbocycles. The average molecular weight is 244 g/mol. The highest BCUT2D eigenvalue weighted by molar-refractivity contribution is 6.30. The van der Waals surface area contributed by atoms with E-state index < -0.39 is 5.60 Å². The van der Waals surface area contributed by atoms with Crippen LogP contribution >= 0.6 is 11.6 Å². The lowest BCUT2D eigenvalue weighted by Gasteiger charge is -2.23. The van der Waals surface area contributed by atoms with Gasteiger partial charge < -0.3 is 10.4 Å². The molecule has 0 atom stereocenters. The molecule has 0 spiro atoms. The van der Waals surface area contributed by atoms with Crippen molar-refractivity contribution >= 4 is 17.3 Å². The van der Waals surface area contributed by atoms with Gasteiger partial charge >= 0.3 is 0 Å². The molecule has 0 unspecified atom stereocenters. The van der Waals surface area contributed by atoms with Crippen LogP contribution < -0.4 is 5.32 Å². The minimum atomic E-state index is -0.675. The Morgan fingerprint density at radius 1 is 1.38 bits per heavy atom. The van der Waals surface area contributed by atoms with E-state index in [0.29, 0.717) is 17.3 Å². The number of rotatable bonds is 3. The van der Waals surface area contributed by atoms with E-state index in [-0.39, 0.29) is 5.82 Å². The third-order valence-corrected chi connectivity index (χ3v) is 3.31. The highest BCUT2D eigenvalue weighted by atomic mass is 35.5. The number of anilines is 1. The molecule has 2 nitrogen and oxygen atoms in total. The fraction of sp³-hybridized carbons (Fsp3) is 0.500. The lowest BCUT2D eigenvalue weighted by Crippen LogP contribution is -2.33. The van der Waals surface area contributed by atoms with Gasteiger partial charge in [0.1, 0.15) is 5.82 Å². The predicted molar refractivity (Wildman–Crippen MR) is 63.3 cm³/mol. The van der Waals surface area contributed by atoms with Crippen molar-refractivity contribution in [3.05, 3.63) is 29.0 Å². The summed E-state index contributed by atoms with van der Waals surface area (Å²) in [7, 11) is 0. The first-order valence-corrected chi connectivity index (χ1v) is 5.88. The van der Waals surface area contributed by atoms with E-state index in [9.17, 15) is 9.50 Å². The number of hydrogen-bond acceptors (Lipinski definition) is 2. The van der Waals surface area contributed by atoms with Gasteiger partial charge in [-0.3, -0.25) is 0 Å². The van der Waals surface area contributed by atoms with Crippen LogP contribution in [0.4, 0.5) is 10.1 Å². The molecule has 1 saturated carbocycles. The Kier molecular flexibility index (Phi) is 3.36. The molecule has 0 bridgehead atoms. The van der Waals surface area contributed by atoms with Gasteiger partial charge in [-0.25, -0.2) is 4.39 Å². The van der Waals surface area contributed by atoms with Gasteiger partial charge in [0.05, 0.1) is 11.3 Å². The van der Waals surface area contributed by atoms with E-state index in [0.717, 1.165) is 25.7 Å². The first-order chi connectivity index (χ1) is 7.59. The van der Waals surface area contributed by atoms with Crippen molar-refractivity contribution in [2.75, 3.05) is 11.9 Å². The molecule has 1 aliphatic carbocycles. The zero-order valence-corrected chi connectivity index (χ0v) is 9.73. The van der Waals surface area contributed by atoms with E-state index in [1.54, 1.807) is 12.1 Å². The molecular formula is C12H15ClFNO. The molecule has 0 saturated heterocycles. The predicted octanol–water partition coefficient (Wildman–Crippen LogP) is 3.20. The molecule has 0 heterocycles. The Balaban J connectivity index is 1.99. The number of benzene rings is 1. The van der Waals surface area contributed by atoms with Gasteiger partial charge in [0, 0.05) is 11.6 Å². The van der Waals surface area contributed by atoms with Crippen molar-refractivity contribution in [2.45, 2.75) is 31.3 Å². The Morgan fingerprint density at radius 2 is 2.06 bits per heavy atom. The van der Waals surface area contributed by atoms with Gasteiger partial charge in [0.15, 0.2) is 0 Å². The lowest BCUT2D eigenvalue weighted by molar-refractivity contribution is 0.0614. The summed E-state index contributed by atoms with van der Waals surface area (Å²) in [6, 6.07) is 4.49. The van der Waals surface area contributed by atoms with Crippen molar-refractivity contribution in [3.63, 3.8) is 0 Å². The van der Waals surface area contributed by atoms with Gasteiger partial charge in [-0.05, 0) is 31.0 Å². The molecule has 88 valence electrons. The van der Waals surface area contributed by atoms with Crippen LogP contribution in [-0.2, 0) is 0 Å². The number of halogens is 2. The molecule has 1 aliphatic rings. The minimum absolute atomic E-state index is 0.377. The second-order valence-electron chi connectivity index (χ2n) is 4.41. The van der Waals surface area contributed by atoms with Gasteiger partial charge in [0.2, 0.25) is 0 Å². The van der Waals surface area contributed by atoms with Crippen molar-refractivity contribution in [3.8, 4) is 0 Å². The summed E-state index contributed by atoms with van der Waals surface area (Å²) in [5.74, 6) is -0.380. The highest BCUT2D eigenvalue weighted by Gasteiger charge is 2.30. The van der Waals surface area contributed by atoms with Crippen LogP contribution in [0.2, 0.25) is 5.02 Å². The second kappa shape index (κ2) is 4.60. The molecule has 16 heavy (non-hydrogen) atoms. The number of nitrogens with one attached hydrogen (secondary N) is 1.